The molecule has 2 aromatic carbocycles. The largest absolute Gasteiger partial charge is 0.396 e. The Morgan fingerprint density at radius 3 is 2.21 bits per heavy atom. The van der Waals surface area contributed by atoms with Gasteiger partial charge in [-0.15, -0.1) is 0 Å². The Bertz CT molecular complexity index is 605. The van der Waals surface area contributed by atoms with E-state index in [1.807, 2.05) is 48.5 Å². The highest BCUT2D eigenvalue weighted by Crippen LogP contribution is 2.26. The van der Waals surface area contributed by atoms with Crippen molar-refractivity contribution in [3.63, 3.8) is 0 Å². The van der Waals surface area contributed by atoms with Crippen molar-refractivity contribution in [3.8, 4) is 0 Å². The Morgan fingerprint density at radius 1 is 0.958 bits per heavy atom. The van der Waals surface area contributed by atoms with Gasteiger partial charge in [0.15, 0.2) is 0 Å². The highest BCUT2D eigenvalue weighted by Gasteiger charge is 2.40. The molecule has 4 heteroatoms. The number of ether oxygens (including phenoxy) is 1. The highest BCUT2D eigenvalue weighted by molar-refractivity contribution is 5.16. The van der Waals surface area contributed by atoms with E-state index in [1.54, 1.807) is 0 Å². The Morgan fingerprint density at radius 2 is 1.58 bits per heavy atom. The maximum Gasteiger partial charge on any atom is 0.0980 e. The van der Waals surface area contributed by atoms with Crippen LogP contribution in [0, 0.1) is 0 Å². The van der Waals surface area contributed by atoms with E-state index in [9.17, 15) is 10.2 Å². The molecule has 0 aliphatic carbocycles. The number of benzene rings is 2. The third kappa shape index (κ3) is 4.22. The monoisotopic (exact) mass is 327 g/mol. The van der Waals surface area contributed by atoms with E-state index >= 15 is 0 Å². The fourth-order valence-corrected chi connectivity index (χ4v) is 3.35. The van der Waals surface area contributed by atoms with E-state index in [0.29, 0.717) is 19.6 Å². The first-order chi connectivity index (χ1) is 11.8. The van der Waals surface area contributed by atoms with E-state index in [1.165, 1.54) is 5.56 Å². The molecule has 24 heavy (non-hydrogen) atoms. The minimum absolute atomic E-state index is 0.0679. The van der Waals surface area contributed by atoms with Crippen LogP contribution in [0.3, 0.4) is 0 Å². The molecule has 1 aliphatic heterocycles. The number of likely N-dealkylation sites (tertiary alicyclic amines) is 1. The Kier molecular flexibility index (Phi) is 5.99. The van der Waals surface area contributed by atoms with Crippen LogP contribution in [0.4, 0.5) is 0 Å². The number of aliphatic hydroxyl groups is 2. The zero-order valence-corrected chi connectivity index (χ0v) is 13.8. The maximum atomic E-state index is 10.6. The van der Waals surface area contributed by atoms with Crippen molar-refractivity contribution in [1.29, 1.82) is 0 Å². The van der Waals surface area contributed by atoms with Crippen LogP contribution in [0.5, 0.6) is 0 Å². The van der Waals surface area contributed by atoms with Crippen LogP contribution in [0.15, 0.2) is 60.7 Å². The summed E-state index contributed by atoms with van der Waals surface area (Å²) in [4.78, 5) is 2.21. The summed E-state index contributed by atoms with van der Waals surface area (Å²) in [6.07, 6.45) is -0.255. The topological polar surface area (TPSA) is 52.9 Å². The molecule has 0 saturated carbocycles. The summed E-state index contributed by atoms with van der Waals surface area (Å²) in [6, 6.07) is 20.1. The van der Waals surface area contributed by atoms with E-state index in [0.717, 1.165) is 12.1 Å². The van der Waals surface area contributed by atoms with Crippen LogP contribution in [0.1, 0.15) is 17.5 Å². The molecule has 0 amide bonds. The van der Waals surface area contributed by atoms with Gasteiger partial charge in [-0.2, -0.15) is 0 Å². The van der Waals surface area contributed by atoms with Crippen molar-refractivity contribution >= 4 is 0 Å². The molecule has 3 atom stereocenters. The van der Waals surface area contributed by atoms with Crippen molar-refractivity contribution in [2.75, 3.05) is 13.2 Å². The molecule has 2 N–H and O–H groups in total. The fourth-order valence-electron chi connectivity index (χ4n) is 3.35. The number of aliphatic hydroxyl groups excluding tert-OH is 2. The third-order valence-corrected chi connectivity index (χ3v) is 4.62. The smallest absolute Gasteiger partial charge is 0.0980 e. The Labute approximate surface area is 143 Å². The first-order valence-corrected chi connectivity index (χ1v) is 8.50. The van der Waals surface area contributed by atoms with E-state index in [4.69, 9.17) is 4.74 Å². The van der Waals surface area contributed by atoms with Crippen LogP contribution in [0.25, 0.3) is 0 Å². The lowest BCUT2D eigenvalue weighted by Crippen LogP contribution is -2.36. The first kappa shape index (κ1) is 17.1. The van der Waals surface area contributed by atoms with Crippen molar-refractivity contribution in [3.05, 3.63) is 71.8 Å². The highest BCUT2D eigenvalue weighted by atomic mass is 16.5. The molecule has 1 fully saturated rings. The first-order valence-electron chi connectivity index (χ1n) is 8.50. The minimum Gasteiger partial charge on any atom is -0.396 e. The average molecular weight is 327 g/mol. The molecule has 0 aromatic heterocycles. The quantitative estimate of drug-likeness (QED) is 0.819. The summed E-state index contributed by atoms with van der Waals surface area (Å²) in [5, 5.41) is 20.0. The normalized spacial score (nSPS) is 24.3. The Balaban J connectivity index is 1.63. The number of hydrogen-bond acceptors (Lipinski definition) is 4. The lowest BCUT2D eigenvalue weighted by Gasteiger charge is -2.25. The van der Waals surface area contributed by atoms with E-state index < -0.39 is 6.10 Å². The van der Waals surface area contributed by atoms with Gasteiger partial charge in [-0.1, -0.05) is 60.7 Å². The van der Waals surface area contributed by atoms with Gasteiger partial charge >= 0.3 is 0 Å². The molecule has 1 aliphatic rings. The summed E-state index contributed by atoms with van der Waals surface area (Å²) in [5.74, 6) is 0. The van der Waals surface area contributed by atoms with Crippen LogP contribution in [0.2, 0.25) is 0 Å². The van der Waals surface area contributed by atoms with Gasteiger partial charge in [-0.3, -0.25) is 4.90 Å². The zero-order chi connectivity index (χ0) is 16.8. The molecule has 0 spiro atoms. The number of hydrogen-bond donors (Lipinski definition) is 2. The molecular formula is C20H25NO3. The molecule has 0 bridgehead atoms. The van der Waals surface area contributed by atoms with Crippen LogP contribution in [-0.2, 0) is 17.9 Å². The van der Waals surface area contributed by atoms with Gasteiger partial charge in [-0.25, -0.2) is 0 Å². The molecule has 1 heterocycles. The van der Waals surface area contributed by atoms with Gasteiger partial charge in [0.25, 0.3) is 0 Å². The fraction of sp³-hybridized carbons (Fsp3) is 0.400. The van der Waals surface area contributed by atoms with Gasteiger partial charge in [0.1, 0.15) is 0 Å². The molecule has 0 unspecified atom stereocenters. The lowest BCUT2D eigenvalue weighted by molar-refractivity contribution is -0.0278. The predicted molar refractivity (Wildman–Crippen MR) is 93.4 cm³/mol. The molecule has 1 saturated heterocycles. The van der Waals surface area contributed by atoms with Gasteiger partial charge in [0.05, 0.1) is 18.8 Å². The molecular weight excluding hydrogens is 302 g/mol. The second-order valence-electron chi connectivity index (χ2n) is 6.32. The summed E-state index contributed by atoms with van der Waals surface area (Å²) in [5.41, 5.74) is 2.31. The standard InChI is InChI=1S/C20H25NO3/c22-12-11-18-20(23)19(24-15-17-9-5-2-6-10-17)14-21(18)13-16-7-3-1-4-8-16/h1-10,18-20,22-23H,11-15H2/t18-,19+,20+/m0/s1. The van der Waals surface area contributed by atoms with E-state index in [-0.39, 0.29) is 18.8 Å². The van der Waals surface area contributed by atoms with Crippen molar-refractivity contribution in [1.82, 2.24) is 4.90 Å². The maximum absolute atomic E-state index is 10.6. The summed E-state index contributed by atoms with van der Waals surface area (Å²) in [7, 11) is 0. The van der Waals surface area contributed by atoms with E-state index in [2.05, 4.69) is 17.0 Å². The lowest BCUT2D eigenvalue weighted by atomic mass is 10.1. The average Bonchev–Trinajstić information content (AvgIpc) is 2.91. The van der Waals surface area contributed by atoms with Crippen molar-refractivity contribution in [2.24, 2.45) is 0 Å². The number of rotatable bonds is 7. The minimum atomic E-state index is -0.579. The zero-order valence-electron chi connectivity index (χ0n) is 13.8. The Hall–Kier alpha value is -1.72. The van der Waals surface area contributed by atoms with Crippen LogP contribution < -0.4 is 0 Å². The van der Waals surface area contributed by atoms with Crippen molar-refractivity contribution in [2.45, 2.75) is 37.8 Å². The van der Waals surface area contributed by atoms with Gasteiger partial charge in [0, 0.05) is 25.7 Å². The SMILES string of the molecule is OCC[C@H]1[C@@H](O)[C@H](OCc2ccccc2)CN1Cc1ccccc1. The summed E-state index contributed by atoms with van der Waals surface area (Å²) >= 11 is 0. The second-order valence-corrected chi connectivity index (χ2v) is 6.32. The molecule has 0 radical (unpaired) electrons. The number of nitrogens with zero attached hydrogens (tertiary/aromatic N) is 1. The van der Waals surface area contributed by atoms with Gasteiger partial charge in [0.2, 0.25) is 0 Å². The summed E-state index contributed by atoms with van der Waals surface area (Å²) in [6.45, 7) is 1.99. The molecule has 128 valence electrons. The van der Waals surface area contributed by atoms with Crippen LogP contribution >= 0.6 is 0 Å². The van der Waals surface area contributed by atoms with Crippen molar-refractivity contribution < 1.29 is 14.9 Å². The molecule has 4 nitrogen and oxygen atoms in total. The van der Waals surface area contributed by atoms with Gasteiger partial charge in [-0.05, 0) is 17.5 Å². The predicted octanol–water partition coefficient (Wildman–Crippen LogP) is 2.20. The van der Waals surface area contributed by atoms with Gasteiger partial charge < -0.3 is 14.9 Å². The van der Waals surface area contributed by atoms with Crippen LogP contribution in [-0.4, -0.2) is 46.5 Å². The summed E-state index contributed by atoms with van der Waals surface area (Å²) < 4.78 is 5.97. The second kappa shape index (κ2) is 8.40. The third-order valence-electron chi connectivity index (χ3n) is 4.62. The molecule has 2 aromatic rings. The molecule has 3 rings (SSSR count).